The predicted octanol–water partition coefficient (Wildman–Crippen LogP) is 3.04. The second kappa shape index (κ2) is 7.47. The summed E-state index contributed by atoms with van der Waals surface area (Å²) in [6.07, 6.45) is 0.830. The molecule has 0 radical (unpaired) electrons. The van der Waals surface area contributed by atoms with Crippen LogP contribution in [0.25, 0.3) is 0 Å². The SMILES string of the molecule is COc1ccc(NC(=O)[C@H](C)Nc2ccc3c(c2)CCN3C(C)=O)cc1. The fourth-order valence-electron chi connectivity index (χ4n) is 3.06. The molecule has 2 aromatic carbocycles. The van der Waals surface area contributed by atoms with Gasteiger partial charge in [-0.1, -0.05) is 0 Å². The van der Waals surface area contributed by atoms with Gasteiger partial charge in [0.2, 0.25) is 11.8 Å². The van der Waals surface area contributed by atoms with E-state index in [-0.39, 0.29) is 11.8 Å². The molecule has 6 heteroatoms. The summed E-state index contributed by atoms with van der Waals surface area (Å²) in [5.74, 6) is 0.671. The average molecular weight is 353 g/mol. The number of ether oxygens (including phenoxy) is 1. The number of anilines is 3. The zero-order chi connectivity index (χ0) is 18.7. The van der Waals surface area contributed by atoms with Crippen LogP contribution in [0.5, 0.6) is 5.75 Å². The second-order valence-electron chi connectivity index (χ2n) is 6.35. The number of hydrogen-bond donors (Lipinski definition) is 2. The van der Waals surface area contributed by atoms with Gasteiger partial charge in [-0.05, 0) is 61.4 Å². The van der Waals surface area contributed by atoms with Crippen LogP contribution >= 0.6 is 0 Å². The highest BCUT2D eigenvalue weighted by molar-refractivity contribution is 5.97. The van der Waals surface area contributed by atoms with Crippen LogP contribution in [0.4, 0.5) is 17.1 Å². The van der Waals surface area contributed by atoms with Crippen molar-refractivity contribution in [1.82, 2.24) is 0 Å². The van der Waals surface area contributed by atoms with E-state index in [0.717, 1.165) is 34.8 Å². The van der Waals surface area contributed by atoms with Gasteiger partial charge in [-0.3, -0.25) is 9.59 Å². The van der Waals surface area contributed by atoms with Crippen LogP contribution in [-0.4, -0.2) is 31.5 Å². The number of carbonyl (C=O) groups excluding carboxylic acids is 2. The van der Waals surface area contributed by atoms with Crippen molar-refractivity contribution in [3.63, 3.8) is 0 Å². The number of nitrogens with zero attached hydrogens (tertiary/aromatic N) is 1. The maximum atomic E-state index is 12.4. The van der Waals surface area contributed by atoms with Gasteiger partial charge in [0.25, 0.3) is 0 Å². The molecule has 2 aromatic rings. The van der Waals surface area contributed by atoms with Crippen LogP contribution in [0.3, 0.4) is 0 Å². The Kier molecular flexibility index (Phi) is 5.11. The number of hydrogen-bond acceptors (Lipinski definition) is 4. The van der Waals surface area contributed by atoms with Gasteiger partial charge in [0.05, 0.1) is 7.11 Å². The second-order valence-corrected chi connectivity index (χ2v) is 6.35. The van der Waals surface area contributed by atoms with E-state index in [1.807, 2.05) is 25.1 Å². The highest BCUT2D eigenvalue weighted by Crippen LogP contribution is 2.30. The maximum Gasteiger partial charge on any atom is 0.246 e. The summed E-state index contributed by atoms with van der Waals surface area (Å²) in [6, 6.07) is 12.6. The van der Waals surface area contributed by atoms with Gasteiger partial charge >= 0.3 is 0 Å². The smallest absolute Gasteiger partial charge is 0.246 e. The summed E-state index contributed by atoms with van der Waals surface area (Å²) in [7, 11) is 1.60. The standard InChI is InChI=1S/C20H23N3O3/c1-13(20(25)22-16-4-7-18(26-3)8-5-16)21-17-6-9-19-15(12-17)10-11-23(19)14(2)24/h4-9,12-13,21H,10-11H2,1-3H3,(H,22,25)/t13-/m0/s1. The van der Waals surface area contributed by atoms with E-state index in [0.29, 0.717) is 6.54 Å². The number of amides is 2. The van der Waals surface area contributed by atoms with Crippen molar-refractivity contribution in [2.75, 3.05) is 29.2 Å². The quantitative estimate of drug-likeness (QED) is 0.867. The zero-order valence-electron chi connectivity index (χ0n) is 15.2. The molecule has 1 heterocycles. The predicted molar refractivity (Wildman–Crippen MR) is 103 cm³/mol. The van der Waals surface area contributed by atoms with Crippen LogP contribution in [0.2, 0.25) is 0 Å². The molecule has 0 saturated heterocycles. The van der Waals surface area contributed by atoms with Crippen LogP contribution in [0.1, 0.15) is 19.4 Å². The fraction of sp³-hybridized carbons (Fsp3) is 0.300. The van der Waals surface area contributed by atoms with Crippen molar-refractivity contribution in [3.05, 3.63) is 48.0 Å². The highest BCUT2D eigenvalue weighted by atomic mass is 16.5. The number of fused-ring (bicyclic) bond motifs is 1. The van der Waals surface area contributed by atoms with Gasteiger partial charge in [0, 0.05) is 30.5 Å². The summed E-state index contributed by atoms with van der Waals surface area (Å²) in [5, 5.41) is 6.10. The number of benzene rings is 2. The molecule has 0 unspecified atom stereocenters. The fourth-order valence-corrected chi connectivity index (χ4v) is 3.06. The van der Waals surface area contributed by atoms with E-state index in [4.69, 9.17) is 4.74 Å². The largest absolute Gasteiger partial charge is 0.497 e. The first-order chi connectivity index (χ1) is 12.5. The van der Waals surface area contributed by atoms with E-state index in [1.54, 1.807) is 43.2 Å². The first-order valence-corrected chi connectivity index (χ1v) is 8.60. The molecule has 0 saturated carbocycles. The number of methoxy groups -OCH3 is 1. The lowest BCUT2D eigenvalue weighted by molar-refractivity contribution is -0.117. The number of carbonyl (C=O) groups is 2. The molecule has 0 spiro atoms. The molecule has 1 aliphatic rings. The highest BCUT2D eigenvalue weighted by Gasteiger charge is 2.22. The van der Waals surface area contributed by atoms with Crippen LogP contribution in [0.15, 0.2) is 42.5 Å². The van der Waals surface area contributed by atoms with Crippen molar-refractivity contribution in [2.45, 2.75) is 26.3 Å². The first kappa shape index (κ1) is 17.8. The topological polar surface area (TPSA) is 70.7 Å². The monoisotopic (exact) mass is 353 g/mol. The molecule has 1 atom stereocenters. The Morgan fingerprint density at radius 3 is 2.46 bits per heavy atom. The minimum absolute atomic E-state index is 0.0525. The normalized spacial score (nSPS) is 13.7. The van der Waals surface area contributed by atoms with E-state index < -0.39 is 6.04 Å². The molecular formula is C20H23N3O3. The van der Waals surface area contributed by atoms with E-state index in [1.165, 1.54) is 0 Å². The van der Waals surface area contributed by atoms with Gasteiger partial charge in [-0.2, -0.15) is 0 Å². The van der Waals surface area contributed by atoms with Crippen LogP contribution in [0, 0.1) is 0 Å². The van der Waals surface area contributed by atoms with Gasteiger partial charge in [0.15, 0.2) is 0 Å². The molecule has 1 aliphatic heterocycles. The molecule has 6 nitrogen and oxygen atoms in total. The Morgan fingerprint density at radius 1 is 1.12 bits per heavy atom. The van der Waals surface area contributed by atoms with Gasteiger partial charge in [0.1, 0.15) is 11.8 Å². The molecule has 0 aliphatic carbocycles. The summed E-state index contributed by atoms with van der Waals surface area (Å²) in [5.41, 5.74) is 3.66. The number of nitrogens with one attached hydrogen (secondary N) is 2. The average Bonchev–Trinajstić information content (AvgIpc) is 3.05. The van der Waals surface area contributed by atoms with Crippen molar-refractivity contribution in [2.24, 2.45) is 0 Å². The molecule has 2 N–H and O–H groups in total. The van der Waals surface area contributed by atoms with Crippen molar-refractivity contribution < 1.29 is 14.3 Å². The Bertz CT molecular complexity index is 818. The molecule has 0 bridgehead atoms. The summed E-state index contributed by atoms with van der Waals surface area (Å²) >= 11 is 0. The summed E-state index contributed by atoms with van der Waals surface area (Å²) in [4.78, 5) is 25.8. The number of rotatable bonds is 5. The lowest BCUT2D eigenvalue weighted by Gasteiger charge is -2.18. The summed E-state index contributed by atoms with van der Waals surface area (Å²) < 4.78 is 5.11. The molecule has 0 aromatic heterocycles. The van der Waals surface area contributed by atoms with Crippen molar-refractivity contribution in [1.29, 1.82) is 0 Å². The maximum absolute atomic E-state index is 12.4. The minimum Gasteiger partial charge on any atom is -0.497 e. The lowest BCUT2D eigenvalue weighted by atomic mass is 10.1. The molecule has 136 valence electrons. The molecule has 26 heavy (non-hydrogen) atoms. The third-order valence-corrected chi connectivity index (χ3v) is 4.49. The Labute approximate surface area is 153 Å². The Balaban J connectivity index is 1.63. The van der Waals surface area contributed by atoms with E-state index in [9.17, 15) is 9.59 Å². The molecule has 0 fully saturated rings. The third-order valence-electron chi connectivity index (χ3n) is 4.49. The van der Waals surface area contributed by atoms with E-state index >= 15 is 0 Å². The zero-order valence-corrected chi connectivity index (χ0v) is 15.2. The molecule has 3 rings (SSSR count). The molecule has 2 amide bonds. The Morgan fingerprint density at radius 2 is 1.81 bits per heavy atom. The van der Waals surface area contributed by atoms with Crippen molar-refractivity contribution in [3.8, 4) is 5.75 Å². The van der Waals surface area contributed by atoms with Crippen LogP contribution < -0.4 is 20.3 Å². The molecular weight excluding hydrogens is 330 g/mol. The third kappa shape index (κ3) is 3.79. The lowest BCUT2D eigenvalue weighted by Crippen LogP contribution is -2.31. The van der Waals surface area contributed by atoms with Gasteiger partial charge in [-0.15, -0.1) is 0 Å². The van der Waals surface area contributed by atoms with Crippen LogP contribution in [-0.2, 0) is 16.0 Å². The van der Waals surface area contributed by atoms with Gasteiger partial charge in [-0.25, -0.2) is 0 Å². The van der Waals surface area contributed by atoms with E-state index in [2.05, 4.69) is 10.6 Å². The van der Waals surface area contributed by atoms with Crippen molar-refractivity contribution >= 4 is 28.9 Å². The summed E-state index contributed by atoms with van der Waals surface area (Å²) in [6.45, 7) is 4.10. The Hall–Kier alpha value is -3.02. The van der Waals surface area contributed by atoms with Gasteiger partial charge < -0.3 is 20.3 Å². The minimum atomic E-state index is -0.402. The first-order valence-electron chi connectivity index (χ1n) is 8.60.